The average Bonchev–Trinajstić information content (AvgIpc) is 2.77. The predicted octanol–water partition coefficient (Wildman–Crippen LogP) is 3.08. The molecule has 0 aromatic heterocycles. The molecule has 31 heavy (non-hydrogen) atoms. The summed E-state index contributed by atoms with van der Waals surface area (Å²) in [7, 11) is 3.15. The summed E-state index contributed by atoms with van der Waals surface area (Å²) in [5, 5.41) is 3.75. The van der Waals surface area contributed by atoms with Crippen LogP contribution in [-0.4, -0.2) is 68.6 Å². The second-order valence-electron chi connectivity index (χ2n) is 7.16. The molecule has 166 valence electrons. The minimum atomic E-state index is -0.126. The first-order valence-corrected chi connectivity index (χ1v) is 10.6. The van der Waals surface area contributed by atoms with Crippen molar-refractivity contribution in [3.8, 4) is 11.5 Å². The number of rotatable bonds is 7. The Hall–Kier alpha value is -2.48. The lowest BCUT2D eigenvalue weighted by atomic mass is 10.1. The van der Waals surface area contributed by atoms with Crippen molar-refractivity contribution < 1.29 is 19.1 Å². The molecule has 0 saturated carbocycles. The van der Waals surface area contributed by atoms with E-state index in [-0.39, 0.29) is 18.4 Å². The van der Waals surface area contributed by atoms with Gasteiger partial charge >= 0.3 is 0 Å². The van der Waals surface area contributed by atoms with E-state index in [0.717, 1.165) is 5.56 Å². The van der Waals surface area contributed by atoms with Gasteiger partial charge in [-0.3, -0.25) is 14.5 Å². The highest BCUT2D eigenvalue weighted by Crippen LogP contribution is 2.27. The summed E-state index contributed by atoms with van der Waals surface area (Å²) in [5.74, 6) is 1.07. The molecular formula is C22H25Cl2N3O4. The third-order valence-corrected chi connectivity index (χ3v) is 5.67. The lowest BCUT2D eigenvalue weighted by Crippen LogP contribution is -2.51. The van der Waals surface area contributed by atoms with Gasteiger partial charge in [-0.2, -0.15) is 0 Å². The Kier molecular flexibility index (Phi) is 8.01. The molecule has 0 unspecified atom stereocenters. The SMILES string of the molecule is COc1ccc(CNC(=O)CN2CCN(C(=O)c3ccc(Cl)cc3Cl)CC2)cc1OC. The van der Waals surface area contributed by atoms with Crippen molar-refractivity contribution in [1.29, 1.82) is 0 Å². The molecule has 0 bridgehead atoms. The number of methoxy groups -OCH3 is 2. The van der Waals surface area contributed by atoms with E-state index in [1.807, 2.05) is 23.1 Å². The third kappa shape index (κ3) is 6.03. The first kappa shape index (κ1) is 23.2. The summed E-state index contributed by atoms with van der Waals surface area (Å²) in [6, 6.07) is 10.4. The Balaban J connectivity index is 1.46. The van der Waals surface area contributed by atoms with Crippen LogP contribution in [0.1, 0.15) is 15.9 Å². The third-order valence-electron chi connectivity index (χ3n) is 5.13. The molecule has 0 aliphatic carbocycles. The highest BCUT2D eigenvalue weighted by Gasteiger charge is 2.24. The van der Waals surface area contributed by atoms with Crippen LogP contribution in [0.5, 0.6) is 11.5 Å². The van der Waals surface area contributed by atoms with Crippen molar-refractivity contribution in [2.45, 2.75) is 6.54 Å². The Labute approximate surface area is 191 Å². The van der Waals surface area contributed by atoms with Gasteiger partial charge in [0.2, 0.25) is 5.91 Å². The van der Waals surface area contributed by atoms with E-state index >= 15 is 0 Å². The van der Waals surface area contributed by atoms with Crippen LogP contribution in [0.3, 0.4) is 0 Å². The number of hydrogen-bond donors (Lipinski definition) is 1. The van der Waals surface area contributed by atoms with E-state index in [1.54, 1.807) is 37.3 Å². The van der Waals surface area contributed by atoms with Gasteiger partial charge < -0.3 is 19.7 Å². The van der Waals surface area contributed by atoms with Crippen molar-refractivity contribution in [2.24, 2.45) is 0 Å². The molecule has 9 heteroatoms. The number of nitrogens with zero attached hydrogens (tertiary/aromatic N) is 2. The van der Waals surface area contributed by atoms with Gasteiger partial charge in [0.25, 0.3) is 5.91 Å². The molecule has 2 aromatic rings. The number of ether oxygens (including phenoxy) is 2. The highest BCUT2D eigenvalue weighted by atomic mass is 35.5. The van der Waals surface area contributed by atoms with Gasteiger partial charge in [-0.1, -0.05) is 29.3 Å². The lowest BCUT2D eigenvalue weighted by molar-refractivity contribution is -0.122. The van der Waals surface area contributed by atoms with Crippen LogP contribution in [0.25, 0.3) is 0 Å². The van der Waals surface area contributed by atoms with Gasteiger partial charge in [0.1, 0.15) is 0 Å². The summed E-state index contributed by atoms with van der Waals surface area (Å²) >= 11 is 12.1. The topological polar surface area (TPSA) is 71.1 Å². The number of amides is 2. The number of nitrogens with one attached hydrogen (secondary N) is 1. The first-order valence-electron chi connectivity index (χ1n) is 9.85. The Morgan fingerprint density at radius 1 is 0.968 bits per heavy atom. The average molecular weight is 466 g/mol. The van der Waals surface area contributed by atoms with E-state index in [9.17, 15) is 9.59 Å². The fourth-order valence-corrected chi connectivity index (χ4v) is 3.88. The van der Waals surface area contributed by atoms with E-state index in [0.29, 0.717) is 59.8 Å². The second kappa shape index (κ2) is 10.7. The number of halogens is 2. The maximum Gasteiger partial charge on any atom is 0.255 e. The smallest absolute Gasteiger partial charge is 0.255 e. The molecule has 2 aromatic carbocycles. The fourth-order valence-electron chi connectivity index (χ4n) is 3.39. The van der Waals surface area contributed by atoms with Crippen LogP contribution in [0.2, 0.25) is 10.0 Å². The van der Waals surface area contributed by atoms with Gasteiger partial charge in [0, 0.05) is 37.7 Å². The molecule has 2 amide bonds. The Bertz CT molecular complexity index is 946. The number of benzene rings is 2. The maximum atomic E-state index is 12.7. The fraction of sp³-hybridized carbons (Fsp3) is 0.364. The summed E-state index contributed by atoms with van der Waals surface area (Å²) in [6.07, 6.45) is 0. The normalized spacial score (nSPS) is 14.3. The summed E-state index contributed by atoms with van der Waals surface area (Å²) in [4.78, 5) is 28.8. The summed E-state index contributed by atoms with van der Waals surface area (Å²) < 4.78 is 10.5. The van der Waals surface area contributed by atoms with Crippen LogP contribution < -0.4 is 14.8 Å². The molecule has 3 rings (SSSR count). The maximum absolute atomic E-state index is 12.7. The molecule has 7 nitrogen and oxygen atoms in total. The molecule has 0 radical (unpaired) electrons. The standard InChI is InChI=1S/C22H25Cl2N3O4/c1-30-19-6-3-15(11-20(19)31-2)13-25-21(28)14-26-7-9-27(10-8-26)22(29)17-5-4-16(23)12-18(17)24/h3-6,11-12H,7-10,13-14H2,1-2H3,(H,25,28). The zero-order chi connectivity index (χ0) is 22.4. The molecular weight excluding hydrogens is 441 g/mol. The minimum absolute atomic E-state index is 0.0738. The Morgan fingerprint density at radius 3 is 2.32 bits per heavy atom. The number of piperazine rings is 1. The van der Waals surface area contributed by atoms with Gasteiger partial charge in [-0.25, -0.2) is 0 Å². The monoisotopic (exact) mass is 465 g/mol. The lowest BCUT2D eigenvalue weighted by Gasteiger charge is -2.34. The van der Waals surface area contributed by atoms with Crippen molar-refractivity contribution in [2.75, 3.05) is 46.9 Å². The van der Waals surface area contributed by atoms with Crippen LogP contribution >= 0.6 is 23.2 Å². The summed E-state index contributed by atoms with van der Waals surface area (Å²) in [5.41, 5.74) is 1.36. The van der Waals surface area contributed by atoms with E-state index < -0.39 is 0 Å². The zero-order valence-electron chi connectivity index (χ0n) is 17.5. The molecule has 1 heterocycles. The van der Waals surface area contributed by atoms with Crippen LogP contribution in [-0.2, 0) is 11.3 Å². The van der Waals surface area contributed by atoms with Crippen LogP contribution in [0, 0.1) is 0 Å². The quantitative estimate of drug-likeness (QED) is 0.679. The number of carbonyl (C=O) groups excluding carboxylic acids is 2. The number of hydrogen-bond acceptors (Lipinski definition) is 5. The first-order chi connectivity index (χ1) is 14.9. The van der Waals surface area contributed by atoms with E-state index in [4.69, 9.17) is 32.7 Å². The van der Waals surface area contributed by atoms with Crippen LogP contribution in [0.15, 0.2) is 36.4 Å². The zero-order valence-corrected chi connectivity index (χ0v) is 19.0. The van der Waals surface area contributed by atoms with Gasteiger partial charge in [0.15, 0.2) is 11.5 Å². The van der Waals surface area contributed by atoms with Gasteiger partial charge in [0.05, 0.1) is 31.4 Å². The molecule has 1 saturated heterocycles. The molecule has 1 aliphatic rings. The predicted molar refractivity (Wildman–Crippen MR) is 120 cm³/mol. The second-order valence-corrected chi connectivity index (χ2v) is 8.00. The molecule has 0 spiro atoms. The summed E-state index contributed by atoms with van der Waals surface area (Å²) in [6.45, 7) is 2.95. The van der Waals surface area contributed by atoms with Crippen molar-refractivity contribution in [3.63, 3.8) is 0 Å². The molecule has 0 atom stereocenters. The molecule has 1 aliphatic heterocycles. The van der Waals surface area contributed by atoms with Crippen LogP contribution in [0.4, 0.5) is 0 Å². The van der Waals surface area contributed by atoms with Gasteiger partial charge in [-0.05, 0) is 35.9 Å². The minimum Gasteiger partial charge on any atom is -0.493 e. The Morgan fingerprint density at radius 2 is 1.68 bits per heavy atom. The molecule has 1 fully saturated rings. The van der Waals surface area contributed by atoms with Crippen molar-refractivity contribution in [1.82, 2.24) is 15.1 Å². The van der Waals surface area contributed by atoms with Crippen molar-refractivity contribution >= 4 is 35.0 Å². The van der Waals surface area contributed by atoms with Crippen molar-refractivity contribution in [3.05, 3.63) is 57.6 Å². The number of carbonyl (C=O) groups is 2. The highest BCUT2D eigenvalue weighted by molar-refractivity contribution is 6.36. The largest absolute Gasteiger partial charge is 0.493 e. The van der Waals surface area contributed by atoms with E-state index in [2.05, 4.69) is 5.32 Å². The van der Waals surface area contributed by atoms with E-state index in [1.165, 1.54) is 0 Å². The molecule has 1 N–H and O–H groups in total. The van der Waals surface area contributed by atoms with Gasteiger partial charge in [-0.15, -0.1) is 0 Å².